The largest absolute Gasteiger partial charge is 0.326 e. The first kappa shape index (κ1) is 15.5. The molecule has 2 rings (SSSR count). The molecule has 1 saturated carbocycles. The van der Waals surface area contributed by atoms with E-state index in [0.717, 1.165) is 31.2 Å². The average molecular weight is 296 g/mol. The molecule has 3 N–H and O–H groups in total. The van der Waals surface area contributed by atoms with Gasteiger partial charge in [0.05, 0.1) is 4.90 Å². The molecule has 0 radical (unpaired) electrons. The van der Waals surface area contributed by atoms with Crippen LogP contribution in [0.5, 0.6) is 0 Å². The zero-order chi connectivity index (χ0) is 14.8. The maximum absolute atomic E-state index is 12.4. The molecule has 1 aromatic rings. The van der Waals surface area contributed by atoms with Gasteiger partial charge in [-0.1, -0.05) is 32.4 Å². The predicted octanol–water partition coefficient (Wildman–Crippen LogP) is 2.39. The van der Waals surface area contributed by atoms with Gasteiger partial charge in [-0.2, -0.15) is 0 Å². The molecule has 1 unspecified atom stereocenters. The van der Waals surface area contributed by atoms with E-state index in [-0.39, 0.29) is 11.5 Å². The summed E-state index contributed by atoms with van der Waals surface area (Å²) in [5.74, 6) is 0. The first-order chi connectivity index (χ1) is 9.32. The first-order valence-electron chi connectivity index (χ1n) is 7.14. The zero-order valence-corrected chi connectivity index (χ0v) is 13.0. The normalized spacial score (nSPS) is 22.6. The number of hydrogen-bond acceptors (Lipinski definition) is 3. The molecular formula is C15H24N2O2S. The van der Waals surface area contributed by atoms with Crippen LogP contribution in [0.4, 0.5) is 0 Å². The quantitative estimate of drug-likeness (QED) is 0.896. The van der Waals surface area contributed by atoms with E-state index in [9.17, 15) is 8.42 Å². The van der Waals surface area contributed by atoms with Gasteiger partial charge < -0.3 is 5.73 Å². The minimum atomic E-state index is -3.43. The molecule has 1 aliphatic rings. The van der Waals surface area contributed by atoms with Crippen LogP contribution >= 0.6 is 0 Å². The Morgan fingerprint density at radius 2 is 1.95 bits per heavy atom. The summed E-state index contributed by atoms with van der Waals surface area (Å²) in [4.78, 5) is 0.318. The summed E-state index contributed by atoms with van der Waals surface area (Å²) < 4.78 is 27.6. The second-order valence-electron chi connectivity index (χ2n) is 6.43. The Balaban J connectivity index is 2.10. The monoisotopic (exact) mass is 296 g/mol. The maximum atomic E-state index is 12.4. The molecule has 0 saturated heterocycles. The second kappa shape index (κ2) is 5.84. The summed E-state index contributed by atoms with van der Waals surface area (Å²) in [5, 5.41) is 0. The Morgan fingerprint density at radius 3 is 2.50 bits per heavy atom. The molecule has 0 aliphatic heterocycles. The first-order valence-corrected chi connectivity index (χ1v) is 8.62. The fourth-order valence-electron chi connectivity index (χ4n) is 2.89. The van der Waals surface area contributed by atoms with Crippen molar-refractivity contribution in [1.29, 1.82) is 0 Å². The van der Waals surface area contributed by atoms with Crippen molar-refractivity contribution in [1.82, 2.24) is 4.72 Å². The van der Waals surface area contributed by atoms with Gasteiger partial charge in [-0.3, -0.25) is 0 Å². The Labute approximate surface area is 121 Å². The van der Waals surface area contributed by atoms with Gasteiger partial charge in [-0.05, 0) is 42.4 Å². The van der Waals surface area contributed by atoms with E-state index in [1.54, 1.807) is 24.3 Å². The van der Waals surface area contributed by atoms with Crippen LogP contribution in [0, 0.1) is 5.41 Å². The number of sulfonamides is 1. The van der Waals surface area contributed by atoms with Crippen molar-refractivity contribution < 1.29 is 8.42 Å². The van der Waals surface area contributed by atoms with E-state index in [1.165, 1.54) is 0 Å². The van der Waals surface area contributed by atoms with Gasteiger partial charge in [-0.15, -0.1) is 0 Å². The third kappa shape index (κ3) is 3.81. The smallest absolute Gasteiger partial charge is 0.240 e. The van der Waals surface area contributed by atoms with Gasteiger partial charge in [0.15, 0.2) is 0 Å². The van der Waals surface area contributed by atoms with E-state index in [1.807, 2.05) is 0 Å². The van der Waals surface area contributed by atoms with Crippen LogP contribution in [-0.2, 0) is 16.6 Å². The highest BCUT2D eigenvalue weighted by Crippen LogP contribution is 2.35. The number of nitrogens with two attached hydrogens (primary N) is 1. The second-order valence-corrected chi connectivity index (χ2v) is 8.14. The number of rotatable bonds is 4. The van der Waals surface area contributed by atoms with Crippen molar-refractivity contribution in [3.63, 3.8) is 0 Å². The lowest BCUT2D eigenvalue weighted by Crippen LogP contribution is -2.40. The van der Waals surface area contributed by atoms with E-state index in [4.69, 9.17) is 5.73 Å². The van der Waals surface area contributed by atoms with Crippen molar-refractivity contribution in [3.05, 3.63) is 29.8 Å². The number of benzene rings is 1. The van der Waals surface area contributed by atoms with Gasteiger partial charge in [0.25, 0.3) is 0 Å². The van der Waals surface area contributed by atoms with Crippen molar-refractivity contribution in [2.24, 2.45) is 11.1 Å². The van der Waals surface area contributed by atoms with Crippen LogP contribution < -0.4 is 10.5 Å². The van der Waals surface area contributed by atoms with Gasteiger partial charge in [-0.25, -0.2) is 13.1 Å². The molecule has 1 fully saturated rings. The summed E-state index contributed by atoms with van der Waals surface area (Å²) in [6.07, 6.45) is 4.05. The molecule has 0 amide bonds. The summed E-state index contributed by atoms with van der Waals surface area (Å²) in [6, 6.07) is 6.81. The maximum Gasteiger partial charge on any atom is 0.240 e. The molecule has 5 heteroatoms. The third-order valence-corrected chi connectivity index (χ3v) is 5.53. The highest BCUT2D eigenvalue weighted by Gasteiger charge is 2.30. The number of nitrogens with one attached hydrogen (secondary N) is 1. The molecular weight excluding hydrogens is 272 g/mol. The van der Waals surface area contributed by atoms with Gasteiger partial charge in [0, 0.05) is 12.6 Å². The van der Waals surface area contributed by atoms with E-state index < -0.39 is 10.0 Å². The Morgan fingerprint density at radius 1 is 1.30 bits per heavy atom. The molecule has 20 heavy (non-hydrogen) atoms. The molecule has 112 valence electrons. The van der Waals surface area contributed by atoms with Gasteiger partial charge >= 0.3 is 0 Å². The van der Waals surface area contributed by atoms with Crippen molar-refractivity contribution in [2.75, 3.05) is 0 Å². The zero-order valence-electron chi connectivity index (χ0n) is 12.2. The van der Waals surface area contributed by atoms with Crippen LogP contribution in [-0.4, -0.2) is 14.5 Å². The molecule has 1 aromatic carbocycles. The molecule has 0 heterocycles. The Bertz CT molecular complexity index is 550. The molecule has 4 nitrogen and oxygen atoms in total. The number of hydrogen-bond donors (Lipinski definition) is 2. The van der Waals surface area contributed by atoms with E-state index in [2.05, 4.69) is 18.6 Å². The lowest BCUT2D eigenvalue weighted by molar-refractivity contribution is 0.212. The highest BCUT2D eigenvalue weighted by molar-refractivity contribution is 7.89. The molecule has 0 spiro atoms. The fraction of sp³-hybridized carbons (Fsp3) is 0.600. The summed E-state index contributed by atoms with van der Waals surface area (Å²) >= 11 is 0. The lowest BCUT2D eigenvalue weighted by atomic mass is 9.75. The summed E-state index contributed by atoms with van der Waals surface area (Å²) in [5.41, 5.74) is 6.67. The van der Waals surface area contributed by atoms with Crippen molar-refractivity contribution in [3.8, 4) is 0 Å². The summed E-state index contributed by atoms with van der Waals surface area (Å²) in [6.45, 7) is 4.82. The SMILES string of the molecule is CC1(C)CCCC(NS(=O)(=O)c2ccc(CN)cc2)C1. The Kier molecular flexibility index (Phi) is 4.52. The summed E-state index contributed by atoms with van der Waals surface area (Å²) in [7, 11) is -3.43. The predicted molar refractivity (Wildman–Crippen MR) is 80.7 cm³/mol. The van der Waals surface area contributed by atoms with Crippen LogP contribution in [0.1, 0.15) is 45.1 Å². The molecule has 1 atom stereocenters. The molecule has 0 aromatic heterocycles. The van der Waals surface area contributed by atoms with Gasteiger partial charge in [0.1, 0.15) is 0 Å². The fourth-order valence-corrected chi connectivity index (χ4v) is 4.16. The van der Waals surface area contributed by atoms with Crippen LogP contribution in [0.3, 0.4) is 0 Å². The average Bonchev–Trinajstić information content (AvgIpc) is 2.37. The van der Waals surface area contributed by atoms with Crippen LogP contribution in [0.2, 0.25) is 0 Å². The van der Waals surface area contributed by atoms with Crippen LogP contribution in [0.15, 0.2) is 29.2 Å². The molecule has 1 aliphatic carbocycles. The Hall–Kier alpha value is -0.910. The molecule has 0 bridgehead atoms. The minimum absolute atomic E-state index is 0.0398. The van der Waals surface area contributed by atoms with E-state index in [0.29, 0.717) is 11.4 Å². The lowest BCUT2D eigenvalue weighted by Gasteiger charge is -2.35. The van der Waals surface area contributed by atoms with Crippen molar-refractivity contribution in [2.45, 2.75) is 57.0 Å². The standard InChI is InChI=1S/C15H24N2O2S/c1-15(2)9-3-4-13(10-15)17-20(18,19)14-7-5-12(11-16)6-8-14/h5-8,13,17H,3-4,9-11,16H2,1-2H3. The topological polar surface area (TPSA) is 72.2 Å². The highest BCUT2D eigenvalue weighted by atomic mass is 32.2. The third-order valence-electron chi connectivity index (χ3n) is 4.00. The van der Waals surface area contributed by atoms with E-state index >= 15 is 0 Å². The van der Waals surface area contributed by atoms with Crippen LogP contribution in [0.25, 0.3) is 0 Å². The minimum Gasteiger partial charge on any atom is -0.326 e. The van der Waals surface area contributed by atoms with Gasteiger partial charge in [0.2, 0.25) is 10.0 Å². The van der Waals surface area contributed by atoms with Crippen molar-refractivity contribution >= 4 is 10.0 Å².